The number of fused-ring (bicyclic) bond motifs is 2. The van der Waals surface area contributed by atoms with Crippen LogP contribution in [0.2, 0.25) is 13.3 Å². The van der Waals surface area contributed by atoms with Crippen molar-refractivity contribution in [2.24, 2.45) is 0 Å². The van der Waals surface area contributed by atoms with Crippen molar-refractivity contribution in [2.75, 3.05) is 0 Å². The van der Waals surface area contributed by atoms with Crippen LogP contribution < -0.4 is 3.71 Å². The molecule has 4 rings (SSSR count). The molecule has 0 aliphatic heterocycles. The van der Waals surface area contributed by atoms with Gasteiger partial charge >= 0.3 is 140 Å². The number of halogens is 1. The van der Waals surface area contributed by atoms with Gasteiger partial charge in [0.1, 0.15) is 10.3 Å². The van der Waals surface area contributed by atoms with Gasteiger partial charge in [0.15, 0.2) is 0 Å². The summed E-state index contributed by atoms with van der Waals surface area (Å²) in [4.78, 5) is 8.86. The predicted octanol–water partition coefficient (Wildman–Crippen LogP) is 7.49. The maximum absolute atomic E-state index is 4.72. The van der Waals surface area contributed by atoms with Crippen LogP contribution in [0.1, 0.15) is 59.3 Å². The summed E-state index contributed by atoms with van der Waals surface area (Å²) < 4.78 is 11.6. The van der Waals surface area contributed by atoms with Crippen molar-refractivity contribution in [3.05, 3.63) is 65.8 Å². The third-order valence-corrected chi connectivity index (χ3v) is 22.3. The third kappa shape index (κ3) is 6.16. The molecule has 4 aromatic heterocycles. The summed E-state index contributed by atoms with van der Waals surface area (Å²) in [6.45, 7) is 7.01. The van der Waals surface area contributed by atoms with Gasteiger partial charge in [0.05, 0.1) is 6.20 Å². The second-order valence-corrected chi connectivity index (χ2v) is 22.5. The van der Waals surface area contributed by atoms with E-state index in [2.05, 4.69) is 76.7 Å². The molecular formula is C26H37BrN4Sn. The molecule has 0 bridgehead atoms. The van der Waals surface area contributed by atoms with Crippen molar-refractivity contribution in [3.8, 4) is 0 Å². The molecule has 4 nitrogen and oxygen atoms in total. The Balaban J connectivity index is 0.000000238. The fourth-order valence-electron chi connectivity index (χ4n) is 4.53. The number of rotatable bonds is 10. The Morgan fingerprint density at radius 3 is 1.75 bits per heavy atom. The van der Waals surface area contributed by atoms with Gasteiger partial charge in [0.25, 0.3) is 0 Å². The molecular weight excluding hydrogens is 567 g/mol. The Morgan fingerprint density at radius 2 is 1.22 bits per heavy atom. The maximum atomic E-state index is 4.72. The van der Waals surface area contributed by atoms with E-state index in [0.29, 0.717) is 0 Å². The van der Waals surface area contributed by atoms with Crippen LogP contribution >= 0.6 is 15.9 Å². The summed E-state index contributed by atoms with van der Waals surface area (Å²) in [6.07, 6.45) is 16.4. The van der Waals surface area contributed by atoms with Crippen molar-refractivity contribution in [1.29, 1.82) is 0 Å². The van der Waals surface area contributed by atoms with Gasteiger partial charge in [-0.05, 0) is 28.1 Å². The van der Waals surface area contributed by atoms with Gasteiger partial charge < -0.3 is 0 Å². The third-order valence-electron chi connectivity index (χ3n) is 6.36. The Kier molecular flexibility index (Phi) is 10.1. The van der Waals surface area contributed by atoms with E-state index in [0.717, 1.165) is 15.9 Å². The van der Waals surface area contributed by atoms with Crippen LogP contribution in [0.3, 0.4) is 0 Å². The molecule has 4 heterocycles. The van der Waals surface area contributed by atoms with Crippen molar-refractivity contribution in [1.82, 2.24) is 18.8 Å². The molecule has 172 valence electrons. The first-order chi connectivity index (χ1) is 15.6. The molecule has 32 heavy (non-hydrogen) atoms. The average molecular weight is 604 g/mol. The van der Waals surface area contributed by atoms with Gasteiger partial charge in [0.2, 0.25) is 0 Å². The molecule has 0 fully saturated rings. The Bertz CT molecular complexity index is 1070. The van der Waals surface area contributed by atoms with E-state index in [4.69, 9.17) is 4.98 Å². The first kappa shape index (κ1) is 25.3. The molecule has 6 heteroatoms. The van der Waals surface area contributed by atoms with E-state index in [1.807, 2.05) is 28.8 Å². The zero-order valence-corrected chi connectivity index (χ0v) is 24.2. The van der Waals surface area contributed by atoms with Gasteiger partial charge in [-0.15, -0.1) is 0 Å². The SMILES string of the molecule is Brc1cnc2ccccn12.CCC[CH2][Sn]([CH2]CCC)([CH2]CCC)[c]1cnc2ccccn12. The summed E-state index contributed by atoms with van der Waals surface area (Å²) >= 11 is 1.02. The summed E-state index contributed by atoms with van der Waals surface area (Å²) in [6, 6.07) is 12.3. The van der Waals surface area contributed by atoms with Crippen LogP contribution in [-0.4, -0.2) is 37.1 Å². The number of pyridine rings is 2. The minimum absolute atomic E-state index is 0.967. The topological polar surface area (TPSA) is 34.6 Å². The monoisotopic (exact) mass is 604 g/mol. The molecule has 0 radical (unpaired) electrons. The average Bonchev–Trinajstić information content (AvgIpc) is 3.44. The molecule has 0 aliphatic rings. The first-order valence-electron chi connectivity index (χ1n) is 12.2. The Labute approximate surface area is 205 Å². The van der Waals surface area contributed by atoms with E-state index in [-0.39, 0.29) is 0 Å². The normalized spacial score (nSPS) is 11.6. The molecule has 0 N–H and O–H groups in total. The number of hydrogen-bond acceptors (Lipinski definition) is 2. The van der Waals surface area contributed by atoms with Gasteiger partial charge in [-0.3, -0.25) is 4.40 Å². The summed E-state index contributed by atoms with van der Waals surface area (Å²) in [5.41, 5.74) is 2.11. The first-order valence-corrected chi connectivity index (χ1v) is 20.4. The van der Waals surface area contributed by atoms with E-state index in [1.165, 1.54) is 51.8 Å². The molecule has 0 aromatic carbocycles. The van der Waals surface area contributed by atoms with Crippen LogP contribution in [0, 0.1) is 0 Å². The standard InChI is InChI=1S/C7H5BrN2.C7H5N2.3C4H9.Sn/c8-6-5-9-7-3-1-2-4-10(6)7;1-2-5-9-6-4-8-7(9)3-1;3*1-3-4-2;/h1-5H;1-5H;3*1,3-4H2,2H3;. The molecule has 4 aromatic rings. The van der Waals surface area contributed by atoms with Crippen LogP contribution in [0.4, 0.5) is 0 Å². The van der Waals surface area contributed by atoms with E-state index in [9.17, 15) is 0 Å². The molecule has 0 saturated heterocycles. The van der Waals surface area contributed by atoms with E-state index in [1.54, 1.807) is 9.91 Å². The van der Waals surface area contributed by atoms with Crippen LogP contribution in [0.15, 0.2) is 65.8 Å². The summed E-state index contributed by atoms with van der Waals surface area (Å²) in [7, 11) is 0. The fraction of sp³-hybridized carbons (Fsp3) is 0.462. The van der Waals surface area contributed by atoms with Gasteiger partial charge in [-0.1, -0.05) is 6.07 Å². The van der Waals surface area contributed by atoms with Crippen LogP contribution in [-0.2, 0) is 0 Å². The fourth-order valence-corrected chi connectivity index (χ4v) is 21.1. The van der Waals surface area contributed by atoms with E-state index >= 15 is 0 Å². The van der Waals surface area contributed by atoms with Crippen molar-refractivity contribution in [2.45, 2.75) is 72.6 Å². The number of imidazole rings is 2. The van der Waals surface area contributed by atoms with Gasteiger partial charge in [-0.2, -0.15) is 0 Å². The number of aromatic nitrogens is 4. The second kappa shape index (κ2) is 12.8. The van der Waals surface area contributed by atoms with Gasteiger partial charge in [-0.25, -0.2) is 4.98 Å². The van der Waals surface area contributed by atoms with Gasteiger partial charge in [0, 0.05) is 6.20 Å². The zero-order valence-electron chi connectivity index (χ0n) is 19.8. The summed E-state index contributed by atoms with van der Waals surface area (Å²) in [5, 5.41) is 0. The van der Waals surface area contributed by atoms with E-state index < -0.39 is 18.4 Å². The predicted molar refractivity (Wildman–Crippen MR) is 143 cm³/mol. The van der Waals surface area contributed by atoms with Crippen molar-refractivity contribution in [3.63, 3.8) is 0 Å². The number of hydrogen-bond donors (Lipinski definition) is 0. The Hall–Kier alpha value is -1.34. The zero-order chi connectivity index (χ0) is 22.8. The van der Waals surface area contributed by atoms with Crippen LogP contribution in [0.5, 0.6) is 0 Å². The number of unbranched alkanes of at least 4 members (excludes halogenated alkanes) is 3. The molecule has 0 spiro atoms. The Morgan fingerprint density at radius 1 is 0.719 bits per heavy atom. The van der Waals surface area contributed by atoms with Crippen molar-refractivity contribution >= 4 is 49.3 Å². The molecule has 0 atom stereocenters. The van der Waals surface area contributed by atoms with Crippen molar-refractivity contribution < 1.29 is 0 Å². The summed E-state index contributed by atoms with van der Waals surface area (Å²) in [5.74, 6) is 0. The molecule has 0 amide bonds. The van der Waals surface area contributed by atoms with Crippen LogP contribution in [0.25, 0.3) is 11.3 Å². The molecule has 0 unspecified atom stereocenters. The molecule has 0 saturated carbocycles. The minimum atomic E-state index is -2.34. The quantitative estimate of drug-likeness (QED) is 0.176. The number of nitrogens with zero attached hydrogens (tertiary/aromatic N) is 4. The second-order valence-electron chi connectivity index (χ2n) is 8.67. The molecule has 0 aliphatic carbocycles.